The third kappa shape index (κ3) is 3.45. The zero-order chi connectivity index (χ0) is 14.5. The van der Waals surface area contributed by atoms with E-state index in [4.69, 9.17) is 14.2 Å². The molecule has 2 aliphatic heterocycles. The highest BCUT2D eigenvalue weighted by molar-refractivity contribution is 5.46. The molecule has 6 nitrogen and oxygen atoms in total. The summed E-state index contributed by atoms with van der Waals surface area (Å²) in [7, 11) is 0. The van der Waals surface area contributed by atoms with E-state index in [1.54, 1.807) is 0 Å². The summed E-state index contributed by atoms with van der Waals surface area (Å²) >= 11 is 0. The van der Waals surface area contributed by atoms with Crippen LogP contribution < -0.4 is 14.8 Å². The molecule has 0 saturated carbocycles. The lowest BCUT2D eigenvalue weighted by Gasteiger charge is -2.27. The van der Waals surface area contributed by atoms with Gasteiger partial charge < -0.3 is 14.2 Å². The van der Waals surface area contributed by atoms with Gasteiger partial charge in [-0.1, -0.05) is 6.07 Å². The Morgan fingerprint density at radius 1 is 1.24 bits per heavy atom. The van der Waals surface area contributed by atoms with E-state index < -0.39 is 0 Å². The number of hydrogen-bond donors (Lipinski definition) is 1. The van der Waals surface area contributed by atoms with Crippen molar-refractivity contribution in [3.63, 3.8) is 0 Å². The van der Waals surface area contributed by atoms with E-state index >= 15 is 0 Å². The third-order valence-corrected chi connectivity index (χ3v) is 3.74. The fourth-order valence-corrected chi connectivity index (χ4v) is 2.52. The van der Waals surface area contributed by atoms with Gasteiger partial charge in [-0.15, -0.1) is 0 Å². The molecule has 0 radical (unpaired) electrons. The minimum atomic E-state index is -0.333. The molecule has 0 aliphatic carbocycles. The first kappa shape index (κ1) is 14.1. The molecule has 6 heteroatoms. The molecule has 1 aromatic carbocycles. The van der Waals surface area contributed by atoms with Crippen LogP contribution >= 0.6 is 0 Å². The second kappa shape index (κ2) is 6.76. The predicted molar refractivity (Wildman–Crippen MR) is 76.2 cm³/mol. The number of nitrogens with one attached hydrogen (secondary N) is 1. The van der Waals surface area contributed by atoms with Crippen molar-refractivity contribution in [2.45, 2.75) is 6.04 Å². The van der Waals surface area contributed by atoms with Gasteiger partial charge in [0.2, 0.25) is 6.79 Å². The van der Waals surface area contributed by atoms with Gasteiger partial charge in [0.05, 0.1) is 19.3 Å². The number of benzene rings is 1. The van der Waals surface area contributed by atoms with E-state index in [2.05, 4.69) is 16.3 Å². The molecule has 2 aliphatic rings. The maximum absolute atomic E-state index is 9.35. The summed E-state index contributed by atoms with van der Waals surface area (Å²) in [5, 5.41) is 12.6. The van der Waals surface area contributed by atoms with Crippen LogP contribution in [0.1, 0.15) is 11.6 Å². The summed E-state index contributed by atoms with van der Waals surface area (Å²) in [4.78, 5) is 2.34. The summed E-state index contributed by atoms with van der Waals surface area (Å²) in [6.07, 6.45) is 0. The number of morpholine rings is 1. The van der Waals surface area contributed by atoms with E-state index in [0.29, 0.717) is 5.75 Å². The molecule has 1 unspecified atom stereocenters. The summed E-state index contributed by atoms with van der Waals surface area (Å²) in [6.45, 7) is 5.46. The smallest absolute Gasteiger partial charge is 0.231 e. The van der Waals surface area contributed by atoms with Crippen LogP contribution in [0.25, 0.3) is 0 Å². The van der Waals surface area contributed by atoms with E-state index in [1.165, 1.54) is 0 Å². The molecule has 1 saturated heterocycles. The molecule has 0 aromatic heterocycles. The van der Waals surface area contributed by atoms with Crippen molar-refractivity contribution in [1.82, 2.24) is 10.2 Å². The lowest BCUT2D eigenvalue weighted by atomic mass is 10.1. The monoisotopic (exact) mass is 289 g/mol. The van der Waals surface area contributed by atoms with E-state index in [-0.39, 0.29) is 12.8 Å². The highest BCUT2D eigenvalue weighted by Gasteiger charge is 2.18. The zero-order valence-electron chi connectivity index (χ0n) is 11.9. The Morgan fingerprint density at radius 2 is 2.05 bits per heavy atom. The Hall–Kier alpha value is -1.81. The molecule has 1 fully saturated rings. The molecule has 1 N–H and O–H groups in total. The van der Waals surface area contributed by atoms with Crippen LogP contribution in [-0.2, 0) is 4.74 Å². The first-order chi connectivity index (χ1) is 10.4. The number of nitrogens with zero attached hydrogens (tertiary/aromatic N) is 2. The van der Waals surface area contributed by atoms with Gasteiger partial charge >= 0.3 is 0 Å². The molecule has 1 aromatic rings. The fraction of sp³-hybridized carbons (Fsp3) is 0.533. The molecule has 0 amide bonds. The van der Waals surface area contributed by atoms with Crippen LogP contribution in [0.5, 0.6) is 11.5 Å². The maximum atomic E-state index is 9.35. The van der Waals surface area contributed by atoms with Gasteiger partial charge in [-0.2, -0.15) is 5.26 Å². The van der Waals surface area contributed by atoms with Gasteiger partial charge in [-0.25, -0.2) is 0 Å². The van der Waals surface area contributed by atoms with Crippen molar-refractivity contribution in [3.05, 3.63) is 23.8 Å². The van der Waals surface area contributed by atoms with Crippen molar-refractivity contribution in [2.24, 2.45) is 0 Å². The van der Waals surface area contributed by atoms with Crippen molar-refractivity contribution in [2.75, 3.05) is 46.2 Å². The summed E-state index contributed by atoms with van der Waals surface area (Å²) in [6, 6.07) is 7.60. The normalized spacial score (nSPS) is 19.2. The Balaban J connectivity index is 1.54. The van der Waals surface area contributed by atoms with E-state index in [9.17, 15) is 5.26 Å². The van der Waals surface area contributed by atoms with Crippen LogP contribution in [-0.4, -0.2) is 51.1 Å². The molecule has 112 valence electrons. The second-order valence-electron chi connectivity index (χ2n) is 5.08. The number of hydrogen-bond acceptors (Lipinski definition) is 6. The first-order valence-electron chi connectivity index (χ1n) is 7.19. The Kier molecular flexibility index (Phi) is 4.55. The SMILES string of the molecule is N#CC(NCCN1CCOCC1)c1ccc2c(c1)OCO2. The molecular weight excluding hydrogens is 270 g/mol. The topological polar surface area (TPSA) is 66.8 Å². The number of fused-ring (bicyclic) bond motifs is 1. The Labute approximate surface area is 124 Å². The minimum Gasteiger partial charge on any atom is -0.454 e. The third-order valence-electron chi connectivity index (χ3n) is 3.74. The molecule has 0 bridgehead atoms. The van der Waals surface area contributed by atoms with Crippen LogP contribution in [0.15, 0.2) is 18.2 Å². The van der Waals surface area contributed by atoms with E-state index in [0.717, 1.165) is 50.7 Å². The molecule has 3 rings (SSSR count). The predicted octanol–water partition coefficient (Wildman–Crippen LogP) is 0.902. The summed E-state index contributed by atoms with van der Waals surface area (Å²) in [5.74, 6) is 1.45. The summed E-state index contributed by atoms with van der Waals surface area (Å²) in [5.41, 5.74) is 0.906. The van der Waals surface area contributed by atoms with Crippen molar-refractivity contribution < 1.29 is 14.2 Å². The quantitative estimate of drug-likeness (QED) is 0.869. The van der Waals surface area contributed by atoms with Crippen molar-refractivity contribution in [1.29, 1.82) is 5.26 Å². The molecule has 0 spiro atoms. The average molecular weight is 289 g/mol. The molecular formula is C15H19N3O3. The zero-order valence-corrected chi connectivity index (χ0v) is 11.9. The van der Waals surface area contributed by atoms with E-state index in [1.807, 2.05) is 18.2 Å². The number of rotatable bonds is 5. The van der Waals surface area contributed by atoms with Gasteiger partial charge in [-0.05, 0) is 17.7 Å². The molecule has 21 heavy (non-hydrogen) atoms. The molecule has 1 atom stereocenters. The highest BCUT2D eigenvalue weighted by Crippen LogP contribution is 2.34. The lowest BCUT2D eigenvalue weighted by Crippen LogP contribution is -2.40. The second-order valence-corrected chi connectivity index (χ2v) is 5.08. The largest absolute Gasteiger partial charge is 0.454 e. The van der Waals surface area contributed by atoms with Gasteiger partial charge in [-0.3, -0.25) is 10.2 Å². The molecule has 2 heterocycles. The maximum Gasteiger partial charge on any atom is 0.231 e. The standard InChI is InChI=1S/C15H19N3O3/c16-10-13(17-3-4-18-5-7-19-8-6-18)12-1-2-14-15(9-12)21-11-20-14/h1-2,9,13,17H,3-8,11H2. The minimum absolute atomic E-state index is 0.250. The lowest BCUT2D eigenvalue weighted by molar-refractivity contribution is 0.0383. The number of nitriles is 1. The first-order valence-corrected chi connectivity index (χ1v) is 7.19. The van der Waals surface area contributed by atoms with Crippen LogP contribution in [0.2, 0.25) is 0 Å². The van der Waals surface area contributed by atoms with Gasteiger partial charge in [0.25, 0.3) is 0 Å². The average Bonchev–Trinajstić information content (AvgIpc) is 3.00. The van der Waals surface area contributed by atoms with Crippen LogP contribution in [0.3, 0.4) is 0 Å². The van der Waals surface area contributed by atoms with Crippen molar-refractivity contribution >= 4 is 0 Å². The number of ether oxygens (including phenoxy) is 3. The van der Waals surface area contributed by atoms with Gasteiger partial charge in [0, 0.05) is 26.2 Å². The van der Waals surface area contributed by atoms with Crippen LogP contribution in [0.4, 0.5) is 0 Å². The van der Waals surface area contributed by atoms with Gasteiger partial charge in [0.15, 0.2) is 11.5 Å². The van der Waals surface area contributed by atoms with Crippen molar-refractivity contribution in [3.8, 4) is 17.6 Å². The van der Waals surface area contributed by atoms with Gasteiger partial charge in [0.1, 0.15) is 6.04 Å². The Bertz CT molecular complexity index is 523. The van der Waals surface area contributed by atoms with Crippen LogP contribution in [0, 0.1) is 11.3 Å². The highest BCUT2D eigenvalue weighted by atomic mass is 16.7. The Morgan fingerprint density at radius 3 is 2.86 bits per heavy atom. The summed E-state index contributed by atoms with van der Waals surface area (Å²) < 4.78 is 16.0. The fourth-order valence-electron chi connectivity index (χ4n) is 2.52.